The second-order valence-corrected chi connectivity index (χ2v) is 8.27. The van der Waals surface area contributed by atoms with Gasteiger partial charge in [0.15, 0.2) is 0 Å². The second-order valence-electron chi connectivity index (χ2n) is 7.46. The molecule has 4 rings (SSSR count). The summed E-state index contributed by atoms with van der Waals surface area (Å²) in [7, 11) is 1.62. The molecule has 2 N–H and O–H groups in total. The third-order valence-electron chi connectivity index (χ3n) is 5.25. The Morgan fingerprint density at radius 2 is 2.13 bits per heavy atom. The Labute approximate surface area is 185 Å². The van der Waals surface area contributed by atoms with E-state index in [1.54, 1.807) is 19.5 Å². The molecule has 31 heavy (non-hydrogen) atoms. The number of ether oxygens (including phenoxy) is 1. The highest BCUT2D eigenvalue weighted by molar-refractivity contribution is 7.10. The zero-order valence-electron chi connectivity index (χ0n) is 17.7. The number of anilines is 2. The van der Waals surface area contributed by atoms with E-state index >= 15 is 0 Å². The van der Waals surface area contributed by atoms with Crippen LogP contribution in [0.4, 0.5) is 15.6 Å². The lowest BCUT2D eigenvalue weighted by Crippen LogP contribution is -2.51. The van der Waals surface area contributed by atoms with Gasteiger partial charge in [0.25, 0.3) is 0 Å². The molecule has 0 radical (unpaired) electrons. The Kier molecular flexibility index (Phi) is 6.26. The highest BCUT2D eigenvalue weighted by Crippen LogP contribution is 2.29. The summed E-state index contributed by atoms with van der Waals surface area (Å²) in [5.41, 5.74) is 1.78. The number of hydrogen-bond acceptors (Lipinski definition) is 8. The van der Waals surface area contributed by atoms with E-state index in [2.05, 4.69) is 34.9 Å². The summed E-state index contributed by atoms with van der Waals surface area (Å²) in [5.74, 6) is 2.31. The number of carbonyl (C=O) groups is 1. The number of hydrogen-bond donors (Lipinski definition) is 2. The summed E-state index contributed by atoms with van der Waals surface area (Å²) in [4.78, 5) is 28.2. The van der Waals surface area contributed by atoms with Crippen LogP contribution in [0, 0.1) is 13.8 Å². The number of nitrogens with one attached hydrogen (secondary N) is 2. The first kappa shape index (κ1) is 21.0. The first-order chi connectivity index (χ1) is 15.0. The van der Waals surface area contributed by atoms with Crippen LogP contribution in [0.5, 0.6) is 5.75 Å². The van der Waals surface area contributed by atoms with Gasteiger partial charge in [0.1, 0.15) is 22.4 Å². The quantitative estimate of drug-likeness (QED) is 0.629. The van der Waals surface area contributed by atoms with E-state index in [0.717, 1.165) is 41.0 Å². The van der Waals surface area contributed by atoms with Crippen LogP contribution in [0.3, 0.4) is 0 Å². The lowest BCUT2D eigenvalue weighted by Gasteiger charge is -2.39. The monoisotopic (exact) mass is 439 g/mol. The van der Waals surface area contributed by atoms with E-state index < -0.39 is 0 Å². The molecule has 0 saturated carbocycles. The molecular weight excluding hydrogens is 414 g/mol. The van der Waals surface area contributed by atoms with Gasteiger partial charge in [0.2, 0.25) is 0 Å². The SMILES string of the molecule is COc1ccc([C@@H]2CN(c3ccnc(C)n3)CC[C@H]2NC(=O)Nc2cc(C)ns2)nc1. The van der Waals surface area contributed by atoms with E-state index in [1.165, 1.54) is 11.5 Å². The molecule has 4 heterocycles. The second kappa shape index (κ2) is 9.25. The minimum Gasteiger partial charge on any atom is -0.495 e. The average Bonchev–Trinajstić information content (AvgIpc) is 3.18. The van der Waals surface area contributed by atoms with Crippen molar-refractivity contribution in [1.82, 2.24) is 24.6 Å². The molecule has 1 fully saturated rings. The predicted octanol–water partition coefficient (Wildman–Crippen LogP) is 3.14. The van der Waals surface area contributed by atoms with Crippen molar-refractivity contribution in [2.75, 3.05) is 30.4 Å². The molecule has 3 aromatic rings. The molecule has 2 atom stereocenters. The molecule has 2 amide bonds. The van der Waals surface area contributed by atoms with Gasteiger partial charge in [0, 0.05) is 36.9 Å². The van der Waals surface area contributed by atoms with Crippen molar-refractivity contribution in [2.24, 2.45) is 0 Å². The summed E-state index contributed by atoms with van der Waals surface area (Å²) >= 11 is 1.27. The van der Waals surface area contributed by atoms with Crippen molar-refractivity contribution in [3.63, 3.8) is 0 Å². The first-order valence-electron chi connectivity index (χ1n) is 10.1. The molecular formula is C21H25N7O2S. The number of rotatable bonds is 5. The Morgan fingerprint density at radius 1 is 1.26 bits per heavy atom. The highest BCUT2D eigenvalue weighted by atomic mass is 32.1. The maximum absolute atomic E-state index is 12.6. The molecule has 0 aliphatic carbocycles. The lowest BCUT2D eigenvalue weighted by molar-refractivity contribution is 0.243. The fourth-order valence-electron chi connectivity index (χ4n) is 3.72. The summed E-state index contributed by atoms with van der Waals surface area (Å²) in [6.07, 6.45) is 4.24. The van der Waals surface area contributed by atoms with E-state index in [9.17, 15) is 4.79 Å². The molecule has 1 aliphatic rings. The maximum Gasteiger partial charge on any atom is 0.320 e. The minimum atomic E-state index is -0.238. The fraction of sp³-hybridized carbons (Fsp3) is 0.381. The molecule has 10 heteroatoms. The van der Waals surface area contributed by atoms with Gasteiger partial charge in [-0.25, -0.2) is 14.8 Å². The molecule has 0 spiro atoms. The molecule has 162 valence electrons. The number of pyridine rings is 1. The van der Waals surface area contributed by atoms with Gasteiger partial charge in [0.05, 0.1) is 19.0 Å². The number of amides is 2. The van der Waals surface area contributed by atoms with E-state index in [1.807, 2.05) is 38.1 Å². The van der Waals surface area contributed by atoms with Crippen LogP contribution in [0.1, 0.15) is 29.6 Å². The number of piperidine rings is 1. The summed E-state index contributed by atoms with van der Waals surface area (Å²) in [5, 5.41) is 6.74. The van der Waals surface area contributed by atoms with Crippen molar-refractivity contribution >= 4 is 28.4 Å². The van der Waals surface area contributed by atoms with Gasteiger partial charge < -0.3 is 15.0 Å². The molecule has 9 nitrogen and oxygen atoms in total. The van der Waals surface area contributed by atoms with Crippen LogP contribution in [-0.4, -0.2) is 51.6 Å². The van der Waals surface area contributed by atoms with E-state index in [4.69, 9.17) is 4.74 Å². The molecule has 3 aromatic heterocycles. The summed E-state index contributed by atoms with van der Waals surface area (Å²) < 4.78 is 9.45. The van der Waals surface area contributed by atoms with Gasteiger partial charge in [-0.2, -0.15) is 4.37 Å². The third-order valence-corrected chi connectivity index (χ3v) is 6.05. The number of carbonyl (C=O) groups excluding carboxylic acids is 1. The summed E-state index contributed by atoms with van der Waals surface area (Å²) in [6.45, 7) is 5.23. The Bertz CT molecular complexity index is 1040. The molecule has 0 bridgehead atoms. The van der Waals surface area contributed by atoms with Gasteiger partial charge >= 0.3 is 6.03 Å². The van der Waals surface area contributed by atoms with Crippen LogP contribution < -0.4 is 20.3 Å². The highest BCUT2D eigenvalue weighted by Gasteiger charge is 2.33. The number of urea groups is 1. The van der Waals surface area contributed by atoms with Crippen LogP contribution in [0.25, 0.3) is 0 Å². The standard InChI is InChI=1S/C21H25N7O2S/c1-13-10-20(31-27-13)26-21(29)25-18-7-9-28(19-6-8-22-14(2)24-19)12-16(18)17-5-4-15(30-3)11-23-17/h4-6,8,10-11,16,18H,7,9,12H2,1-3H3,(H2,25,26,29)/t16-,18+/m0/s1. The van der Waals surface area contributed by atoms with Crippen molar-refractivity contribution in [3.05, 3.63) is 53.9 Å². The third kappa shape index (κ3) is 5.08. The van der Waals surface area contributed by atoms with E-state index in [-0.39, 0.29) is 18.0 Å². The van der Waals surface area contributed by atoms with Crippen LogP contribution in [0.2, 0.25) is 0 Å². The van der Waals surface area contributed by atoms with Gasteiger partial charge in [-0.15, -0.1) is 0 Å². The Hall–Kier alpha value is -3.27. The molecule has 0 unspecified atom stereocenters. The smallest absolute Gasteiger partial charge is 0.320 e. The number of aryl methyl sites for hydroxylation is 2. The van der Waals surface area contributed by atoms with Crippen molar-refractivity contribution in [2.45, 2.75) is 32.2 Å². The number of nitrogens with zero attached hydrogens (tertiary/aromatic N) is 5. The maximum atomic E-state index is 12.6. The number of methoxy groups -OCH3 is 1. The van der Waals surface area contributed by atoms with Crippen molar-refractivity contribution in [3.8, 4) is 5.75 Å². The van der Waals surface area contributed by atoms with Gasteiger partial charge in [-0.05, 0) is 56.1 Å². The topological polar surface area (TPSA) is 105 Å². The lowest BCUT2D eigenvalue weighted by atomic mass is 9.88. The number of aromatic nitrogens is 4. The average molecular weight is 440 g/mol. The van der Waals surface area contributed by atoms with E-state index in [0.29, 0.717) is 12.3 Å². The Balaban J connectivity index is 1.53. The fourth-order valence-corrected chi connectivity index (χ4v) is 4.38. The van der Waals surface area contributed by atoms with Crippen molar-refractivity contribution < 1.29 is 9.53 Å². The Morgan fingerprint density at radius 3 is 2.81 bits per heavy atom. The summed E-state index contributed by atoms with van der Waals surface area (Å²) in [6, 6.07) is 7.31. The largest absolute Gasteiger partial charge is 0.495 e. The molecule has 1 aliphatic heterocycles. The van der Waals surface area contributed by atoms with Crippen LogP contribution >= 0.6 is 11.5 Å². The zero-order chi connectivity index (χ0) is 21.8. The normalized spacial score (nSPS) is 18.5. The minimum absolute atomic E-state index is 0.0103. The first-order valence-corrected chi connectivity index (χ1v) is 10.8. The molecule has 0 aromatic carbocycles. The van der Waals surface area contributed by atoms with Crippen LogP contribution in [0.15, 0.2) is 36.7 Å². The predicted molar refractivity (Wildman–Crippen MR) is 120 cm³/mol. The van der Waals surface area contributed by atoms with Crippen LogP contribution in [-0.2, 0) is 0 Å². The van der Waals surface area contributed by atoms with Gasteiger partial charge in [-0.3, -0.25) is 10.3 Å². The molecule has 1 saturated heterocycles. The van der Waals surface area contributed by atoms with Crippen molar-refractivity contribution in [1.29, 1.82) is 0 Å². The zero-order valence-corrected chi connectivity index (χ0v) is 18.5. The van der Waals surface area contributed by atoms with Gasteiger partial charge in [-0.1, -0.05) is 0 Å².